The number of hydrogen-bond acceptors (Lipinski definition) is 3. The van der Waals surface area contributed by atoms with E-state index < -0.39 is 5.60 Å². The van der Waals surface area contributed by atoms with Gasteiger partial charge in [-0.05, 0) is 18.6 Å². The molecule has 0 radical (unpaired) electrons. The third kappa shape index (κ3) is 4.89. The minimum absolute atomic E-state index is 0.0776. The molecule has 0 spiro atoms. The van der Waals surface area contributed by atoms with Crippen LogP contribution in [0.15, 0.2) is 0 Å². The molecule has 1 atom stereocenters. The van der Waals surface area contributed by atoms with E-state index in [0.29, 0.717) is 13.0 Å². The maximum Gasteiger partial charge on any atom is 0.220 e. The van der Waals surface area contributed by atoms with Gasteiger partial charge < -0.3 is 10.4 Å². The number of carbonyl (C=O) groups excluding carboxylic acids is 1. The van der Waals surface area contributed by atoms with E-state index in [1.54, 1.807) is 11.8 Å². The van der Waals surface area contributed by atoms with Gasteiger partial charge >= 0.3 is 0 Å². The normalized spacial score (nSPS) is 25.5. The first-order chi connectivity index (χ1) is 7.16. The monoisotopic (exact) mass is 231 g/mol. The molecule has 1 aliphatic heterocycles. The van der Waals surface area contributed by atoms with Crippen LogP contribution in [-0.2, 0) is 4.79 Å². The van der Waals surface area contributed by atoms with Crippen molar-refractivity contribution in [1.82, 2.24) is 5.32 Å². The fraction of sp³-hybridized carbons (Fsp3) is 0.909. The summed E-state index contributed by atoms with van der Waals surface area (Å²) in [6, 6.07) is 0. The smallest absolute Gasteiger partial charge is 0.220 e. The molecule has 1 amide bonds. The topological polar surface area (TPSA) is 49.3 Å². The minimum Gasteiger partial charge on any atom is -0.387 e. The molecule has 88 valence electrons. The molecule has 0 aliphatic carbocycles. The molecule has 1 unspecified atom stereocenters. The summed E-state index contributed by atoms with van der Waals surface area (Å²) in [5, 5.41) is 12.8. The lowest BCUT2D eigenvalue weighted by molar-refractivity contribution is -0.122. The predicted molar refractivity (Wildman–Crippen MR) is 64.0 cm³/mol. The van der Waals surface area contributed by atoms with Crippen LogP contribution in [0.25, 0.3) is 0 Å². The van der Waals surface area contributed by atoms with Gasteiger partial charge in [-0.3, -0.25) is 4.79 Å². The van der Waals surface area contributed by atoms with Crippen molar-refractivity contribution in [2.45, 2.75) is 44.6 Å². The minimum atomic E-state index is -0.648. The number of thioether (sulfide) groups is 1. The molecule has 1 saturated heterocycles. The number of amides is 1. The Balaban J connectivity index is 2.10. The molecule has 15 heavy (non-hydrogen) atoms. The summed E-state index contributed by atoms with van der Waals surface area (Å²) in [5.74, 6) is 1.83. The van der Waals surface area contributed by atoms with Crippen molar-refractivity contribution in [3.63, 3.8) is 0 Å². The zero-order valence-electron chi connectivity index (χ0n) is 9.42. The van der Waals surface area contributed by atoms with E-state index in [-0.39, 0.29) is 5.91 Å². The second-order valence-electron chi connectivity index (χ2n) is 4.26. The molecule has 4 heteroatoms. The molecular weight excluding hydrogens is 210 g/mol. The quantitative estimate of drug-likeness (QED) is 0.682. The van der Waals surface area contributed by atoms with Crippen LogP contribution in [0.1, 0.15) is 39.0 Å². The van der Waals surface area contributed by atoms with E-state index in [0.717, 1.165) is 37.2 Å². The molecule has 1 rings (SSSR count). The third-order valence-electron chi connectivity index (χ3n) is 2.70. The number of unbranched alkanes of at least 4 members (excludes halogenated alkanes) is 2. The van der Waals surface area contributed by atoms with Crippen LogP contribution < -0.4 is 5.32 Å². The Morgan fingerprint density at radius 2 is 2.33 bits per heavy atom. The fourth-order valence-corrected chi connectivity index (χ4v) is 2.92. The average Bonchev–Trinajstić information content (AvgIpc) is 2.64. The highest BCUT2D eigenvalue weighted by Crippen LogP contribution is 2.26. The fourth-order valence-electron chi connectivity index (χ4n) is 1.62. The van der Waals surface area contributed by atoms with Crippen LogP contribution in [0.4, 0.5) is 0 Å². The summed E-state index contributed by atoms with van der Waals surface area (Å²) in [4.78, 5) is 11.4. The van der Waals surface area contributed by atoms with E-state index in [1.165, 1.54) is 0 Å². The molecular formula is C11H21NO2S. The first-order valence-corrected chi connectivity index (χ1v) is 6.88. The highest BCUT2D eigenvalue weighted by molar-refractivity contribution is 7.99. The van der Waals surface area contributed by atoms with Crippen LogP contribution in [0.5, 0.6) is 0 Å². The summed E-state index contributed by atoms with van der Waals surface area (Å²) in [5.41, 5.74) is -0.648. The number of hydrogen-bond donors (Lipinski definition) is 2. The summed E-state index contributed by atoms with van der Waals surface area (Å²) in [7, 11) is 0. The second-order valence-corrected chi connectivity index (χ2v) is 5.37. The Morgan fingerprint density at radius 3 is 2.93 bits per heavy atom. The van der Waals surface area contributed by atoms with Crippen molar-refractivity contribution in [2.75, 3.05) is 18.1 Å². The standard InChI is InChI=1S/C11H21NO2S/c1-2-3-4-5-10(13)12-8-11(14)6-7-15-9-11/h14H,2-9H2,1H3,(H,12,13). The summed E-state index contributed by atoms with van der Waals surface area (Å²) in [6.07, 6.45) is 4.58. The van der Waals surface area contributed by atoms with Crippen molar-refractivity contribution >= 4 is 17.7 Å². The number of carbonyl (C=O) groups is 1. The Labute approximate surface area is 96.0 Å². The van der Waals surface area contributed by atoms with Gasteiger partial charge in [-0.25, -0.2) is 0 Å². The lowest BCUT2D eigenvalue weighted by Crippen LogP contribution is -2.42. The van der Waals surface area contributed by atoms with Gasteiger partial charge in [0.2, 0.25) is 5.91 Å². The van der Waals surface area contributed by atoms with Crippen LogP contribution in [0.2, 0.25) is 0 Å². The first-order valence-electron chi connectivity index (χ1n) is 5.73. The molecule has 1 fully saturated rings. The Bertz CT molecular complexity index is 203. The van der Waals surface area contributed by atoms with E-state index in [9.17, 15) is 9.90 Å². The Kier molecular flexibility index (Phi) is 5.47. The molecule has 0 aromatic heterocycles. The zero-order valence-corrected chi connectivity index (χ0v) is 10.2. The summed E-state index contributed by atoms with van der Waals surface area (Å²) < 4.78 is 0. The van der Waals surface area contributed by atoms with Crippen LogP contribution >= 0.6 is 11.8 Å². The van der Waals surface area contributed by atoms with Crippen molar-refractivity contribution in [1.29, 1.82) is 0 Å². The molecule has 0 saturated carbocycles. The maximum atomic E-state index is 11.4. The van der Waals surface area contributed by atoms with E-state index in [4.69, 9.17) is 0 Å². The predicted octanol–water partition coefficient (Wildman–Crippen LogP) is 1.55. The number of nitrogens with one attached hydrogen (secondary N) is 1. The zero-order chi connectivity index (χ0) is 11.1. The van der Waals surface area contributed by atoms with Crippen LogP contribution in [0, 0.1) is 0 Å². The van der Waals surface area contributed by atoms with Gasteiger partial charge in [0.05, 0.1) is 5.60 Å². The highest BCUT2D eigenvalue weighted by Gasteiger charge is 2.31. The largest absolute Gasteiger partial charge is 0.387 e. The number of rotatable bonds is 6. The van der Waals surface area contributed by atoms with Crippen molar-refractivity contribution < 1.29 is 9.90 Å². The third-order valence-corrected chi connectivity index (χ3v) is 3.94. The molecule has 0 bridgehead atoms. The SMILES string of the molecule is CCCCCC(=O)NCC1(O)CCSC1. The van der Waals surface area contributed by atoms with Gasteiger partial charge in [0.15, 0.2) is 0 Å². The van der Waals surface area contributed by atoms with E-state index >= 15 is 0 Å². The summed E-state index contributed by atoms with van der Waals surface area (Å²) >= 11 is 1.75. The van der Waals surface area contributed by atoms with Crippen LogP contribution in [-0.4, -0.2) is 34.7 Å². The van der Waals surface area contributed by atoms with Gasteiger partial charge in [0, 0.05) is 18.7 Å². The Morgan fingerprint density at radius 1 is 1.53 bits per heavy atom. The molecule has 3 nitrogen and oxygen atoms in total. The van der Waals surface area contributed by atoms with Crippen molar-refractivity contribution in [2.24, 2.45) is 0 Å². The molecule has 0 aromatic carbocycles. The first kappa shape index (κ1) is 12.8. The summed E-state index contributed by atoms with van der Waals surface area (Å²) in [6.45, 7) is 2.54. The average molecular weight is 231 g/mol. The molecule has 1 aliphatic rings. The molecule has 1 heterocycles. The molecule has 2 N–H and O–H groups in total. The maximum absolute atomic E-state index is 11.4. The van der Waals surface area contributed by atoms with Crippen molar-refractivity contribution in [3.8, 4) is 0 Å². The van der Waals surface area contributed by atoms with Gasteiger partial charge in [-0.15, -0.1) is 0 Å². The second kappa shape index (κ2) is 6.38. The van der Waals surface area contributed by atoms with Crippen molar-refractivity contribution in [3.05, 3.63) is 0 Å². The lowest BCUT2D eigenvalue weighted by Gasteiger charge is -2.21. The van der Waals surface area contributed by atoms with E-state index in [2.05, 4.69) is 12.2 Å². The molecule has 0 aromatic rings. The van der Waals surface area contributed by atoms with E-state index in [1.807, 2.05) is 0 Å². The van der Waals surface area contributed by atoms with Gasteiger partial charge in [-0.2, -0.15) is 11.8 Å². The lowest BCUT2D eigenvalue weighted by atomic mass is 10.0. The van der Waals surface area contributed by atoms with Crippen LogP contribution in [0.3, 0.4) is 0 Å². The van der Waals surface area contributed by atoms with Gasteiger partial charge in [-0.1, -0.05) is 19.8 Å². The Hall–Kier alpha value is -0.220. The highest BCUT2D eigenvalue weighted by atomic mass is 32.2. The van der Waals surface area contributed by atoms with Gasteiger partial charge in [0.25, 0.3) is 0 Å². The van der Waals surface area contributed by atoms with Gasteiger partial charge in [0.1, 0.15) is 0 Å². The number of aliphatic hydroxyl groups is 1.